The van der Waals surface area contributed by atoms with Crippen LogP contribution in [0.5, 0.6) is 0 Å². The highest BCUT2D eigenvalue weighted by Crippen LogP contribution is 2.18. The van der Waals surface area contributed by atoms with Crippen molar-refractivity contribution in [1.29, 1.82) is 0 Å². The third-order valence-electron chi connectivity index (χ3n) is 1.43. The van der Waals surface area contributed by atoms with Crippen molar-refractivity contribution < 1.29 is 0 Å². The van der Waals surface area contributed by atoms with Crippen LogP contribution in [0.15, 0.2) is 6.20 Å². The first-order valence-corrected chi connectivity index (χ1v) is 3.41. The molecule has 1 aromatic heterocycles. The summed E-state index contributed by atoms with van der Waals surface area (Å²) < 4.78 is 2.00. The van der Waals surface area contributed by atoms with Crippen LogP contribution in [0.4, 0.5) is 0 Å². The molecule has 0 N–H and O–H groups in total. The van der Waals surface area contributed by atoms with E-state index in [4.69, 9.17) is 0 Å². The molecule has 0 fully saturated rings. The average molecular weight is 137 g/mol. The van der Waals surface area contributed by atoms with Crippen molar-refractivity contribution in [1.82, 2.24) is 9.55 Å². The first kappa shape index (κ1) is 7.32. The molecular formula is C8H13N2. The number of aryl methyl sites for hydroxylation is 1. The van der Waals surface area contributed by atoms with E-state index in [1.165, 1.54) is 0 Å². The van der Waals surface area contributed by atoms with E-state index in [1.807, 2.05) is 17.8 Å². The van der Waals surface area contributed by atoms with Gasteiger partial charge in [-0.15, -0.1) is 0 Å². The number of hydrogen-bond donors (Lipinski definition) is 0. The summed E-state index contributed by atoms with van der Waals surface area (Å²) in [7, 11) is 1.99. The highest BCUT2D eigenvalue weighted by Gasteiger charge is 2.17. The van der Waals surface area contributed by atoms with Crippen molar-refractivity contribution >= 4 is 0 Å². The van der Waals surface area contributed by atoms with Crippen molar-refractivity contribution in [3.63, 3.8) is 0 Å². The van der Waals surface area contributed by atoms with Crippen molar-refractivity contribution in [3.8, 4) is 0 Å². The molecule has 0 aromatic carbocycles. The van der Waals surface area contributed by atoms with Gasteiger partial charge in [0.1, 0.15) is 12.0 Å². The number of rotatable bonds is 0. The fourth-order valence-corrected chi connectivity index (χ4v) is 1.01. The fraction of sp³-hybridized carbons (Fsp3) is 0.625. The monoisotopic (exact) mass is 137 g/mol. The topological polar surface area (TPSA) is 17.8 Å². The van der Waals surface area contributed by atoms with Crippen molar-refractivity contribution in [3.05, 3.63) is 18.2 Å². The molecule has 0 bridgehead atoms. The fourth-order valence-electron chi connectivity index (χ4n) is 1.01. The Morgan fingerprint density at radius 2 is 2.10 bits per heavy atom. The lowest BCUT2D eigenvalue weighted by atomic mass is 9.96. The quantitative estimate of drug-likeness (QED) is 0.530. The summed E-state index contributed by atoms with van der Waals surface area (Å²) in [5.41, 5.74) is 0.134. The maximum absolute atomic E-state index is 4.12. The van der Waals surface area contributed by atoms with Crippen molar-refractivity contribution in [2.45, 2.75) is 26.2 Å². The highest BCUT2D eigenvalue weighted by molar-refractivity contribution is 5.02. The summed E-state index contributed by atoms with van der Waals surface area (Å²) >= 11 is 0. The Balaban J connectivity index is 3.05. The number of imidazole rings is 1. The van der Waals surface area contributed by atoms with Gasteiger partial charge in [0, 0.05) is 18.7 Å². The summed E-state index contributed by atoms with van der Waals surface area (Å²) in [5, 5.41) is 0. The van der Waals surface area contributed by atoms with E-state index in [9.17, 15) is 0 Å². The molecule has 0 spiro atoms. The molecule has 55 valence electrons. The third kappa shape index (κ3) is 1.20. The molecule has 0 aliphatic rings. The summed E-state index contributed by atoms with van der Waals surface area (Å²) in [6.45, 7) is 6.43. The van der Waals surface area contributed by atoms with Crippen LogP contribution in [-0.2, 0) is 12.5 Å². The Kier molecular flexibility index (Phi) is 1.55. The minimum atomic E-state index is 0.134. The molecule has 0 atom stereocenters. The SMILES string of the molecule is Cn1c[c]nc1C(C)(C)C. The lowest BCUT2D eigenvalue weighted by Crippen LogP contribution is -2.16. The van der Waals surface area contributed by atoms with E-state index in [1.54, 1.807) is 0 Å². The van der Waals surface area contributed by atoms with Crippen LogP contribution in [0.25, 0.3) is 0 Å². The molecule has 2 heteroatoms. The Labute approximate surface area is 61.9 Å². The van der Waals surface area contributed by atoms with Crippen LogP contribution in [0.3, 0.4) is 0 Å². The lowest BCUT2D eigenvalue weighted by Gasteiger charge is -2.17. The number of hydrogen-bond acceptors (Lipinski definition) is 1. The minimum Gasteiger partial charge on any atom is -0.337 e. The van der Waals surface area contributed by atoms with E-state index in [-0.39, 0.29) is 5.41 Å². The van der Waals surface area contributed by atoms with E-state index < -0.39 is 0 Å². The molecule has 2 nitrogen and oxygen atoms in total. The van der Waals surface area contributed by atoms with E-state index in [2.05, 4.69) is 32.0 Å². The minimum absolute atomic E-state index is 0.134. The maximum atomic E-state index is 4.12. The molecule has 10 heavy (non-hydrogen) atoms. The molecule has 1 aromatic rings. The smallest absolute Gasteiger partial charge is 0.114 e. The second-order valence-corrected chi connectivity index (χ2v) is 3.55. The maximum Gasteiger partial charge on any atom is 0.114 e. The van der Waals surface area contributed by atoms with Gasteiger partial charge in [-0.3, -0.25) is 0 Å². The Morgan fingerprint density at radius 3 is 2.30 bits per heavy atom. The lowest BCUT2D eigenvalue weighted by molar-refractivity contribution is 0.522. The molecule has 0 unspecified atom stereocenters. The Morgan fingerprint density at radius 1 is 1.50 bits per heavy atom. The third-order valence-corrected chi connectivity index (χ3v) is 1.43. The second-order valence-electron chi connectivity index (χ2n) is 3.55. The molecule has 0 saturated heterocycles. The van der Waals surface area contributed by atoms with Gasteiger partial charge in [0.25, 0.3) is 0 Å². The van der Waals surface area contributed by atoms with Crippen molar-refractivity contribution in [2.24, 2.45) is 7.05 Å². The zero-order chi connectivity index (χ0) is 7.78. The zero-order valence-corrected chi connectivity index (χ0v) is 6.97. The van der Waals surface area contributed by atoms with Crippen LogP contribution in [0, 0.1) is 6.20 Å². The van der Waals surface area contributed by atoms with Gasteiger partial charge in [0.15, 0.2) is 0 Å². The van der Waals surface area contributed by atoms with Gasteiger partial charge in [-0.05, 0) is 0 Å². The molecule has 1 radical (unpaired) electrons. The van der Waals surface area contributed by atoms with E-state index in [0.29, 0.717) is 0 Å². The van der Waals surface area contributed by atoms with Gasteiger partial charge in [0.05, 0.1) is 0 Å². The highest BCUT2D eigenvalue weighted by atomic mass is 15.0. The second kappa shape index (κ2) is 2.11. The van der Waals surface area contributed by atoms with E-state index >= 15 is 0 Å². The van der Waals surface area contributed by atoms with Crippen LogP contribution >= 0.6 is 0 Å². The summed E-state index contributed by atoms with van der Waals surface area (Å²) in [6.07, 6.45) is 4.67. The summed E-state index contributed by atoms with van der Waals surface area (Å²) in [4.78, 5) is 4.12. The number of nitrogens with zero attached hydrogens (tertiary/aromatic N) is 2. The van der Waals surface area contributed by atoms with Gasteiger partial charge >= 0.3 is 0 Å². The Hall–Kier alpha value is -0.790. The van der Waals surface area contributed by atoms with Crippen LogP contribution in [-0.4, -0.2) is 9.55 Å². The summed E-state index contributed by atoms with van der Waals surface area (Å²) in [5.74, 6) is 1.08. The molecule has 0 aliphatic carbocycles. The Bertz CT molecular complexity index is 217. The molecular weight excluding hydrogens is 124 g/mol. The van der Waals surface area contributed by atoms with Crippen LogP contribution in [0.2, 0.25) is 0 Å². The van der Waals surface area contributed by atoms with Crippen molar-refractivity contribution in [2.75, 3.05) is 0 Å². The number of aromatic nitrogens is 2. The van der Waals surface area contributed by atoms with E-state index in [0.717, 1.165) is 5.82 Å². The van der Waals surface area contributed by atoms with Gasteiger partial charge in [-0.2, -0.15) is 0 Å². The average Bonchev–Trinajstić information content (AvgIpc) is 2.11. The first-order valence-electron chi connectivity index (χ1n) is 3.41. The predicted molar refractivity (Wildman–Crippen MR) is 40.7 cm³/mol. The normalized spacial score (nSPS) is 12.0. The van der Waals surface area contributed by atoms with Crippen LogP contribution < -0.4 is 0 Å². The first-order chi connectivity index (χ1) is 4.52. The summed E-state index contributed by atoms with van der Waals surface area (Å²) in [6, 6.07) is 0. The molecule has 0 saturated carbocycles. The predicted octanol–water partition coefficient (Wildman–Crippen LogP) is 1.52. The molecule has 0 amide bonds. The standard InChI is InChI=1S/C8H13N2/c1-8(2,3)7-9-5-6-10(7)4/h6H,1-4H3. The van der Waals surface area contributed by atoms with Gasteiger partial charge in [-0.1, -0.05) is 20.8 Å². The zero-order valence-electron chi connectivity index (χ0n) is 6.97. The van der Waals surface area contributed by atoms with Crippen LogP contribution in [0.1, 0.15) is 26.6 Å². The van der Waals surface area contributed by atoms with Gasteiger partial charge in [-0.25, -0.2) is 4.98 Å². The molecule has 1 rings (SSSR count). The molecule has 1 heterocycles. The van der Waals surface area contributed by atoms with Gasteiger partial charge < -0.3 is 4.57 Å². The van der Waals surface area contributed by atoms with Gasteiger partial charge in [0.2, 0.25) is 0 Å². The largest absolute Gasteiger partial charge is 0.337 e. The molecule has 0 aliphatic heterocycles.